The van der Waals surface area contributed by atoms with E-state index < -0.39 is 33.7 Å². The van der Waals surface area contributed by atoms with Crippen LogP contribution in [-0.4, -0.2) is 43.3 Å². The predicted molar refractivity (Wildman–Crippen MR) is 132 cm³/mol. The van der Waals surface area contributed by atoms with Crippen LogP contribution in [0.3, 0.4) is 0 Å². The standard InChI is InChI=1S/C27H23AsNO5/c1-16(2)24(27(32)33)29-26(31)19-9-7-17(8-10-19)18-11-13-21(14-12-18)28-25(30)23-15-20-5-3-4-6-22(20)34-23/h3-16,24H,1-2H3,(H,29,31)(H,32,33)/t24-/m0/s1. The number of furan rings is 1. The van der Waals surface area contributed by atoms with Crippen LogP contribution in [0.4, 0.5) is 0 Å². The minimum Gasteiger partial charge on any atom is -0.480 e. The number of hydrogen-bond acceptors (Lipinski definition) is 4. The number of fused-ring (bicyclic) bond motifs is 1. The molecular weight excluding hydrogens is 493 g/mol. The van der Waals surface area contributed by atoms with Crippen LogP contribution in [0.25, 0.3) is 22.1 Å². The fourth-order valence-corrected chi connectivity index (χ4v) is 5.12. The molecule has 2 N–H and O–H groups in total. The van der Waals surface area contributed by atoms with E-state index in [1.165, 1.54) is 0 Å². The maximum atomic E-state index is 12.7. The van der Waals surface area contributed by atoms with Gasteiger partial charge in [0.2, 0.25) is 0 Å². The molecule has 1 atom stereocenters. The Labute approximate surface area is 203 Å². The molecule has 1 amide bonds. The molecule has 4 aromatic rings. The summed E-state index contributed by atoms with van der Waals surface area (Å²) >= 11 is -0.735. The van der Waals surface area contributed by atoms with Crippen molar-refractivity contribution in [1.82, 2.24) is 5.32 Å². The summed E-state index contributed by atoms with van der Waals surface area (Å²) < 4.78 is 6.66. The van der Waals surface area contributed by atoms with E-state index in [9.17, 15) is 19.5 Å². The SMILES string of the molecule is CC(C)[C@H](NC(=O)c1ccc(-c2ccc([As]C(=O)c3cc4ccccc4o3)cc2)cc1)C(=O)O. The first kappa shape index (κ1) is 23.5. The summed E-state index contributed by atoms with van der Waals surface area (Å²) in [6, 6.07) is 23.2. The number of hydrogen-bond donors (Lipinski definition) is 2. The van der Waals surface area contributed by atoms with Crippen molar-refractivity contribution in [3.05, 3.63) is 90.2 Å². The fraction of sp³-hybridized carbons (Fsp3) is 0.148. The Morgan fingerprint density at radius 2 is 1.50 bits per heavy atom. The quantitative estimate of drug-likeness (QED) is 0.344. The summed E-state index contributed by atoms with van der Waals surface area (Å²) in [5.74, 6) is -1.31. The first-order chi connectivity index (χ1) is 16.3. The van der Waals surface area contributed by atoms with Crippen LogP contribution in [0.2, 0.25) is 0 Å². The number of rotatable bonds is 8. The van der Waals surface area contributed by atoms with Crippen LogP contribution in [-0.2, 0) is 4.79 Å². The second-order valence-corrected chi connectivity index (χ2v) is 10.6. The number of carbonyl (C=O) groups is 3. The molecule has 0 spiro atoms. The number of carboxylic acid groups (broad SMARTS) is 1. The van der Waals surface area contributed by atoms with Gasteiger partial charge in [-0.05, 0) is 0 Å². The topological polar surface area (TPSA) is 96.6 Å². The van der Waals surface area contributed by atoms with E-state index in [1.54, 1.807) is 32.0 Å². The average Bonchev–Trinajstić information content (AvgIpc) is 3.27. The monoisotopic (exact) mass is 516 g/mol. The van der Waals surface area contributed by atoms with Crippen LogP contribution >= 0.6 is 0 Å². The molecule has 0 unspecified atom stereocenters. The zero-order valence-corrected chi connectivity index (χ0v) is 20.6. The summed E-state index contributed by atoms with van der Waals surface area (Å²) in [5, 5.41) is 12.8. The van der Waals surface area contributed by atoms with Gasteiger partial charge < -0.3 is 5.11 Å². The fourth-order valence-electron chi connectivity index (χ4n) is 3.54. The van der Waals surface area contributed by atoms with Gasteiger partial charge in [-0.25, -0.2) is 4.79 Å². The van der Waals surface area contributed by atoms with Gasteiger partial charge in [0, 0.05) is 0 Å². The van der Waals surface area contributed by atoms with Crippen molar-refractivity contribution in [2.45, 2.75) is 19.9 Å². The normalized spacial score (nSPS) is 12.3. The van der Waals surface area contributed by atoms with Crippen molar-refractivity contribution in [1.29, 1.82) is 0 Å². The molecule has 6 nitrogen and oxygen atoms in total. The van der Waals surface area contributed by atoms with Crippen molar-refractivity contribution >= 4 is 47.5 Å². The van der Waals surface area contributed by atoms with Crippen LogP contribution in [0.5, 0.6) is 0 Å². The molecule has 1 radical (unpaired) electrons. The number of carboxylic acids is 1. The number of carbonyl (C=O) groups excluding carboxylic acids is 2. The molecule has 1 heterocycles. The second-order valence-electron chi connectivity index (χ2n) is 8.22. The van der Waals surface area contributed by atoms with Gasteiger partial charge in [-0.3, -0.25) is 0 Å². The summed E-state index contributed by atoms with van der Waals surface area (Å²) in [5.41, 5.74) is 2.98. The van der Waals surface area contributed by atoms with Crippen LogP contribution in [0.1, 0.15) is 34.8 Å². The van der Waals surface area contributed by atoms with Crippen LogP contribution < -0.4 is 9.67 Å². The van der Waals surface area contributed by atoms with E-state index in [1.807, 2.05) is 60.7 Å². The van der Waals surface area contributed by atoms with Gasteiger partial charge in [0.25, 0.3) is 0 Å². The Kier molecular flexibility index (Phi) is 6.99. The Morgan fingerprint density at radius 1 is 0.882 bits per heavy atom. The molecular formula is C27H23AsNO5. The molecule has 1 aromatic heterocycles. The van der Waals surface area contributed by atoms with Gasteiger partial charge in [0.1, 0.15) is 0 Å². The third kappa shape index (κ3) is 5.29. The van der Waals surface area contributed by atoms with Gasteiger partial charge in [0.05, 0.1) is 0 Å². The molecule has 34 heavy (non-hydrogen) atoms. The Morgan fingerprint density at radius 3 is 2.09 bits per heavy atom. The van der Waals surface area contributed by atoms with Crippen molar-refractivity contribution in [2.75, 3.05) is 0 Å². The summed E-state index contributed by atoms with van der Waals surface area (Å²) in [6.45, 7) is 3.50. The number of amides is 1. The summed E-state index contributed by atoms with van der Waals surface area (Å²) in [6.07, 6.45) is 0. The molecule has 0 aliphatic carbocycles. The Bertz CT molecular complexity index is 1310. The molecule has 3 aromatic carbocycles. The third-order valence-corrected chi connectivity index (χ3v) is 7.49. The third-order valence-electron chi connectivity index (χ3n) is 5.43. The molecule has 0 aliphatic heterocycles. The van der Waals surface area contributed by atoms with Crippen molar-refractivity contribution in [3.63, 3.8) is 0 Å². The summed E-state index contributed by atoms with van der Waals surface area (Å²) in [4.78, 5) is 36.4. The van der Waals surface area contributed by atoms with Gasteiger partial charge in [-0.2, -0.15) is 0 Å². The second kappa shape index (κ2) is 10.1. The molecule has 0 saturated carbocycles. The molecule has 0 aliphatic rings. The average molecular weight is 516 g/mol. The Hall–Kier alpha value is -3.63. The van der Waals surface area contributed by atoms with E-state index in [0.29, 0.717) is 16.9 Å². The van der Waals surface area contributed by atoms with Crippen molar-refractivity contribution in [2.24, 2.45) is 5.92 Å². The maximum absolute atomic E-state index is 12.7. The predicted octanol–water partition coefficient (Wildman–Crippen LogP) is 4.11. The van der Waals surface area contributed by atoms with Gasteiger partial charge in [-0.1, -0.05) is 13.8 Å². The number of aliphatic carboxylic acids is 1. The van der Waals surface area contributed by atoms with E-state index in [2.05, 4.69) is 5.32 Å². The van der Waals surface area contributed by atoms with Crippen LogP contribution in [0.15, 0.2) is 83.3 Å². The van der Waals surface area contributed by atoms with Crippen LogP contribution in [0, 0.1) is 5.92 Å². The molecule has 171 valence electrons. The van der Waals surface area contributed by atoms with E-state index in [-0.39, 0.29) is 10.5 Å². The zero-order valence-electron chi connectivity index (χ0n) is 18.7. The summed E-state index contributed by atoms with van der Waals surface area (Å²) in [7, 11) is 0. The smallest absolute Gasteiger partial charge is 0.480 e. The van der Waals surface area contributed by atoms with Gasteiger partial charge in [0.15, 0.2) is 0 Å². The van der Waals surface area contributed by atoms with Crippen molar-refractivity contribution < 1.29 is 23.9 Å². The molecule has 0 fully saturated rings. The van der Waals surface area contributed by atoms with Crippen molar-refractivity contribution in [3.8, 4) is 11.1 Å². The van der Waals surface area contributed by atoms with Gasteiger partial charge >= 0.3 is 180 Å². The zero-order chi connectivity index (χ0) is 24.2. The molecule has 7 heteroatoms. The van der Waals surface area contributed by atoms with E-state index in [4.69, 9.17) is 4.42 Å². The first-order valence-corrected chi connectivity index (χ1v) is 12.7. The molecule has 4 rings (SSSR count). The number of para-hydroxylation sites is 1. The van der Waals surface area contributed by atoms with E-state index >= 15 is 0 Å². The number of nitrogens with one attached hydrogen (secondary N) is 1. The first-order valence-electron chi connectivity index (χ1n) is 10.8. The van der Waals surface area contributed by atoms with Gasteiger partial charge in [-0.15, -0.1) is 0 Å². The minimum atomic E-state index is -1.05. The molecule has 0 saturated heterocycles. The van der Waals surface area contributed by atoms with E-state index in [0.717, 1.165) is 20.9 Å². The Balaban J connectivity index is 1.42. The minimum absolute atomic E-state index is 0.0108. The molecule has 0 bridgehead atoms. The number of benzene rings is 3.